The summed E-state index contributed by atoms with van der Waals surface area (Å²) in [6, 6.07) is 10.4. The molecule has 7 nitrogen and oxygen atoms in total. The number of carbonyl (C=O) groups is 2. The van der Waals surface area contributed by atoms with E-state index < -0.39 is 15.1 Å². The molecule has 1 heterocycles. The van der Waals surface area contributed by atoms with Crippen molar-refractivity contribution in [2.24, 2.45) is 5.92 Å². The van der Waals surface area contributed by atoms with E-state index in [1.54, 1.807) is 12.1 Å². The first-order valence-electron chi connectivity index (χ1n) is 10.7. The number of nitrogens with one attached hydrogen (secondary N) is 1. The number of rotatable bonds is 5. The highest BCUT2D eigenvalue weighted by Crippen LogP contribution is 2.31. The fourth-order valence-corrected chi connectivity index (χ4v) is 4.69. The second kappa shape index (κ2) is 9.28. The van der Waals surface area contributed by atoms with E-state index in [1.165, 1.54) is 12.1 Å². The van der Waals surface area contributed by atoms with Crippen LogP contribution in [-0.4, -0.2) is 38.3 Å². The van der Waals surface area contributed by atoms with Gasteiger partial charge in [0.05, 0.1) is 17.9 Å². The van der Waals surface area contributed by atoms with E-state index in [4.69, 9.17) is 4.74 Å². The van der Waals surface area contributed by atoms with Crippen LogP contribution >= 0.6 is 0 Å². The van der Waals surface area contributed by atoms with E-state index in [0.717, 1.165) is 43.4 Å². The second-order valence-corrected chi connectivity index (χ2v) is 9.57. The van der Waals surface area contributed by atoms with Crippen LogP contribution in [0.5, 0.6) is 5.75 Å². The van der Waals surface area contributed by atoms with E-state index in [-0.39, 0.29) is 24.2 Å². The summed E-state index contributed by atoms with van der Waals surface area (Å²) in [7, 11) is -4.76. The fourth-order valence-electron chi connectivity index (χ4n) is 4.23. The van der Waals surface area contributed by atoms with Crippen LogP contribution in [-0.2, 0) is 32.8 Å². The van der Waals surface area contributed by atoms with Crippen molar-refractivity contribution in [1.29, 1.82) is 0 Å². The summed E-state index contributed by atoms with van der Waals surface area (Å²) in [6.45, 7) is 1.42. The standard InChI is InChI=1S/C23H25FN2O5S/c24-32(29,30)20-9-5-16(6-10-20)13-22(27)25-19-8-7-18-15-26(11-12-31-21(18)14-19)23(28)17-3-1-2-4-17/h5-10,14,17H,1-4,11-13,15H2,(H,25,27). The number of hydrogen-bond donors (Lipinski definition) is 1. The minimum absolute atomic E-state index is 0.00816. The number of hydrogen-bond acceptors (Lipinski definition) is 5. The van der Waals surface area contributed by atoms with Crippen molar-refractivity contribution < 1.29 is 26.6 Å². The zero-order valence-electron chi connectivity index (χ0n) is 17.6. The molecule has 32 heavy (non-hydrogen) atoms. The third kappa shape index (κ3) is 5.27. The van der Waals surface area contributed by atoms with Crippen molar-refractivity contribution in [2.45, 2.75) is 43.5 Å². The fraction of sp³-hybridized carbons (Fsp3) is 0.391. The maximum Gasteiger partial charge on any atom is 0.332 e. The van der Waals surface area contributed by atoms with Gasteiger partial charge < -0.3 is 15.0 Å². The lowest BCUT2D eigenvalue weighted by Gasteiger charge is -2.23. The Kier molecular flexibility index (Phi) is 6.45. The Morgan fingerprint density at radius 1 is 1.09 bits per heavy atom. The van der Waals surface area contributed by atoms with Gasteiger partial charge in [0, 0.05) is 29.8 Å². The first kappa shape index (κ1) is 22.3. The molecule has 0 radical (unpaired) electrons. The van der Waals surface area contributed by atoms with Crippen LogP contribution < -0.4 is 10.1 Å². The van der Waals surface area contributed by atoms with E-state index >= 15 is 0 Å². The molecule has 0 atom stereocenters. The van der Waals surface area contributed by atoms with Crippen molar-refractivity contribution in [2.75, 3.05) is 18.5 Å². The molecule has 0 aromatic heterocycles. The molecule has 0 bridgehead atoms. The second-order valence-electron chi connectivity index (χ2n) is 8.22. The molecule has 2 amide bonds. The first-order valence-corrected chi connectivity index (χ1v) is 12.1. The Bertz CT molecular complexity index is 1110. The maximum absolute atomic E-state index is 13.0. The van der Waals surface area contributed by atoms with Gasteiger partial charge in [0.15, 0.2) is 0 Å². The van der Waals surface area contributed by atoms with Gasteiger partial charge >= 0.3 is 10.2 Å². The summed E-state index contributed by atoms with van der Waals surface area (Å²) in [5.74, 6) is 0.659. The molecule has 170 valence electrons. The van der Waals surface area contributed by atoms with Gasteiger partial charge in [-0.3, -0.25) is 9.59 Å². The Morgan fingerprint density at radius 2 is 1.81 bits per heavy atom. The number of nitrogens with zero attached hydrogens (tertiary/aromatic N) is 1. The summed E-state index contributed by atoms with van der Waals surface area (Å²) < 4.78 is 40.6. The molecule has 0 unspecified atom stereocenters. The molecule has 0 saturated heterocycles. The quantitative estimate of drug-likeness (QED) is 0.690. The Labute approximate surface area is 186 Å². The van der Waals surface area contributed by atoms with Crippen molar-refractivity contribution in [3.05, 3.63) is 53.6 Å². The van der Waals surface area contributed by atoms with Gasteiger partial charge in [-0.05, 0) is 36.6 Å². The zero-order chi connectivity index (χ0) is 22.7. The SMILES string of the molecule is O=C(Cc1ccc(S(=O)(=O)F)cc1)Nc1ccc2c(c1)OCCN(C(=O)C1CCCC1)C2. The van der Waals surface area contributed by atoms with E-state index in [2.05, 4.69) is 5.32 Å². The molecule has 9 heteroatoms. The van der Waals surface area contributed by atoms with Gasteiger partial charge in [-0.15, -0.1) is 3.89 Å². The molecule has 1 aliphatic carbocycles. The summed E-state index contributed by atoms with van der Waals surface area (Å²) >= 11 is 0. The Hall–Kier alpha value is -2.94. The average molecular weight is 461 g/mol. The van der Waals surface area contributed by atoms with Gasteiger partial charge in [0.1, 0.15) is 12.4 Å². The number of amides is 2. The molecule has 2 aromatic rings. The topological polar surface area (TPSA) is 92.8 Å². The predicted molar refractivity (Wildman–Crippen MR) is 116 cm³/mol. The number of carbonyl (C=O) groups excluding carboxylic acids is 2. The van der Waals surface area contributed by atoms with Gasteiger partial charge in [-0.2, -0.15) is 8.42 Å². The average Bonchev–Trinajstić information content (AvgIpc) is 3.20. The zero-order valence-corrected chi connectivity index (χ0v) is 18.4. The molecule has 1 saturated carbocycles. The van der Waals surface area contributed by atoms with Crippen LogP contribution in [0, 0.1) is 5.92 Å². The Morgan fingerprint density at radius 3 is 2.50 bits per heavy atom. The van der Waals surface area contributed by atoms with Crippen LogP contribution in [0.4, 0.5) is 9.57 Å². The predicted octanol–water partition coefficient (Wildman–Crippen LogP) is 3.44. The van der Waals surface area contributed by atoms with Crippen LogP contribution in [0.2, 0.25) is 0 Å². The number of halogens is 1. The maximum atomic E-state index is 13.0. The van der Waals surface area contributed by atoms with Crippen molar-refractivity contribution in [3.8, 4) is 5.75 Å². The van der Waals surface area contributed by atoms with Crippen LogP contribution in [0.25, 0.3) is 0 Å². The van der Waals surface area contributed by atoms with Gasteiger partial charge in [-0.1, -0.05) is 31.0 Å². The van der Waals surface area contributed by atoms with Crippen LogP contribution in [0.3, 0.4) is 0 Å². The molecular weight excluding hydrogens is 435 g/mol. The van der Waals surface area contributed by atoms with Gasteiger partial charge in [0.25, 0.3) is 0 Å². The molecule has 1 aliphatic heterocycles. The van der Waals surface area contributed by atoms with E-state index in [9.17, 15) is 21.9 Å². The van der Waals surface area contributed by atoms with E-state index in [1.807, 2.05) is 11.0 Å². The third-order valence-electron chi connectivity index (χ3n) is 5.92. The monoisotopic (exact) mass is 460 g/mol. The number of fused-ring (bicyclic) bond motifs is 1. The molecule has 4 rings (SSSR count). The highest BCUT2D eigenvalue weighted by molar-refractivity contribution is 7.86. The summed E-state index contributed by atoms with van der Waals surface area (Å²) in [6.07, 6.45) is 4.15. The molecule has 2 aromatic carbocycles. The van der Waals surface area contributed by atoms with E-state index in [0.29, 0.717) is 36.7 Å². The third-order valence-corrected chi connectivity index (χ3v) is 6.75. The van der Waals surface area contributed by atoms with Crippen molar-refractivity contribution in [1.82, 2.24) is 4.90 Å². The minimum atomic E-state index is -4.76. The normalized spacial score (nSPS) is 16.7. The molecule has 2 aliphatic rings. The Balaban J connectivity index is 1.39. The van der Waals surface area contributed by atoms with Crippen molar-refractivity contribution >= 4 is 27.7 Å². The van der Waals surface area contributed by atoms with Gasteiger partial charge in [0.2, 0.25) is 11.8 Å². The highest BCUT2D eigenvalue weighted by Gasteiger charge is 2.29. The molecular formula is C23H25FN2O5S. The van der Waals surface area contributed by atoms with Gasteiger partial charge in [-0.25, -0.2) is 0 Å². The summed E-state index contributed by atoms with van der Waals surface area (Å²) in [5.41, 5.74) is 2.02. The largest absolute Gasteiger partial charge is 0.491 e. The lowest BCUT2D eigenvalue weighted by Crippen LogP contribution is -2.36. The van der Waals surface area contributed by atoms with Crippen LogP contribution in [0.1, 0.15) is 36.8 Å². The van der Waals surface area contributed by atoms with Crippen LogP contribution in [0.15, 0.2) is 47.4 Å². The summed E-state index contributed by atoms with van der Waals surface area (Å²) in [5, 5.41) is 2.79. The molecule has 0 spiro atoms. The lowest BCUT2D eigenvalue weighted by atomic mass is 10.1. The highest BCUT2D eigenvalue weighted by atomic mass is 32.3. The smallest absolute Gasteiger partial charge is 0.332 e. The molecule has 1 fully saturated rings. The minimum Gasteiger partial charge on any atom is -0.491 e. The number of ether oxygens (including phenoxy) is 1. The summed E-state index contributed by atoms with van der Waals surface area (Å²) in [4.78, 5) is 26.6. The lowest BCUT2D eigenvalue weighted by molar-refractivity contribution is -0.136. The number of anilines is 1. The molecule has 1 N–H and O–H groups in total. The number of benzene rings is 2. The first-order chi connectivity index (χ1) is 15.3. The van der Waals surface area contributed by atoms with Crippen molar-refractivity contribution in [3.63, 3.8) is 0 Å².